The Morgan fingerprint density at radius 2 is 1.62 bits per heavy atom. The topological polar surface area (TPSA) is 36.0 Å². The van der Waals surface area contributed by atoms with Crippen molar-refractivity contribution in [1.82, 2.24) is 14.7 Å². The lowest BCUT2D eigenvalue weighted by molar-refractivity contribution is -0.134. The van der Waals surface area contributed by atoms with Gasteiger partial charge in [0.1, 0.15) is 0 Å². The zero-order chi connectivity index (χ0) is 16.8. The van der Waals surface area contributed by atoms with Gasteiger partial charge in [0.2, 0.25) is 5.91 Å². The summed E-state index contributed by atoms with van der Waals surface area (Å²) < 4.78 is 5.85. The van der Waals surface area contributed by atoms with Crippen LogP contribution in [0.4, 0.5) is 0 Å². The number of hydrogen-bond donors (Lipinski definition) is 0. The first kappa shape index (κ1) is 18.2. The van der Waals surface area contributed by atoms with Crippen LogP contribution in [0.1, 0.15) is 51.4 Å². The number of rotatable bonds is 5. The molecule has 0 aromatic rings. The number of nitrogens with zero attached hydrogens (tertiary/aromatic N) is 3. The molecule has 0 aromatic carbocycles. The summed E-state index contributed by atoms with van der Waals surface area (Å²) in [5.74, 6) is 0.311. The highest BCUT2D eigenvalue weighted by atomic mass is 16.5. The summed E-state index contributed by atoms with van der Waals surface area (Å²) in [5, 5.41) is 0. The summed E-state index contributed by atoms with van der Waals surface area (Å²) in [6.07, 6.45) is 10.5. The number of piperazine rings is 1. The van der Waals surface area contributed by atoms with Gasteiger partial charge in [-0.05, 0) is 32.1 Å². The molecule has 3 fully saturated rings. The standard InChI is InChI=1S/C19H35N3O2/c1-20(17-7-3-2-4-8-17)19(23)16-22-12-10-21(11-13-22)15-18-9-5-6-14-24-18/h17-18H,2-16H2,1H3. The van der Waals surface area contributed by atoms with E-state index in [0.29, 0.717) is 24.6 Å². The van der Waals surface area contributed by atoms with Crippen LogP contribution in [0.25, 0.3) is 0 Å². The Hall–Kier alpha value is -0.650. The van der Waals surface area contributed by atoms with Gasteiger partial charge in [-0.15, -0.1) is 0 Å². The third-order valence-electron chi connectivity index (χ3n) is 6.08. The lowest BCUT2D eigenvalue weighted by Crippen LogP contribution is -2.52. The fourth-order valence-electron chi connectivity index (χ4n) is 4.34. The number of ether oxygens (including phenoxy) is 1. The third-order valence-corrected chi connectivity index (χ3v) is 6.08. The summed E-state index contributed by atoms with van der Waals surface area (Å²) in [7, 11) is 2.01. The summed E-state index contributed by atoms with van der Waals surface area (Å²) in [6.45, 7) is 6.77. The minimum absolute atomic E-state index is 0.311. The van der Waals surface area contributed by atoms with E-state index in [0.717, 1.165) is 39.3 Å². The Kier molecular flexibility index (Phi) is 6.93. The molecule has 1 amide bonds. The van der Waals surface area contributed by atoms with E-state index < -0.39 is 0 Å². The Morgan fingerprint density at radius 1 is 0.958 bits per heavy atom. The van der Waals surface area contributed by atoms with Gasteiger partial charge < -0.3 is 9.64 Å². The van der Waals surface area contributed by atoms with Crippen molar-refractivity contribution in [2.75, 3.05) is 52.9 Å². The molecule has 1 saturated carbocycles. The smallest absolute Gasteiger partial charge is 0.236 e. The van der Waals surface area contributed by atoms with Crippen molar-refractivity contribution in [3.8, 4) is 0 Å². The Labute approximate surface area is 147 Å². The van der Waals surface area contributed by atoms with Gasteiger partial charge in [-0.1, -0.05) is 19.3 Å². The highest BCUT2D eigenvalue weighted by Crippen LogP contribution is 2.22. The van der Waals surface area contributed by atoms with Crippen molar-refractivity contribution in [2.24, 2.45) is 0 Å². The first-order valence-electron chi connectivity index (χ1n) is 10.0. The van der Waals surface area contributed by atoms with Gasteiger partial charge in [0.15, 0.2) is 0 Å². The molecule has 1 atom stereocenters. The highest BCUT2D eigenvalue weighted by molar-refractivity contribution is 5.78. The third kappa shape index (κ3) is 5.17. The minimum Gasteiger partial charge on any atom is -0.377 e. The molecule has 3 aliphatic rings. The summed E-state index contributed by atoms with van der Waals surface area (Å²) in [5.41, 5.74) is 0. The zero-order valence-electron chi connectivity index (χ0n) is 15.4. The van der Waals surface area contributed by atoms with Gasteiger partial charge in [0, 0.05) is 52.4 Å². The van der Waals surface area contributed by atoms with Crippen LogP contribution in [0.2, 0.25) is 0 Å². The van der Waals surface area contributed by atoms with E-state index >= 15 is 0 Å². The van der Waals surface area contributed by atoms with Gasteiger partial charge in [0.25, 0.3) is 0 Å². The first-order valence-corrected chi connectivity index (χ1v) is 10.0. The molecule has 3 rings (SSSR count). The van der Waals surface area contributed by atoms with Gasteiger partial charge >= 0.3 is 0 Å². The fraction of sp³-hybridized carbons (Fsp3) is 0.947. The maximum Gasteiger partial charge on any atom is 0.236 e. The van der Waals surface area contributed by atoms with E-state index in [4.69, 9.17) is 4.74 Å². The van der Waals surface area contributed by atoms with Gasteiger partial charge in [0.05, 0.1) is 12.6 Å². The Bertz CT molecular complexity index is 384. The molecule has 0 radical (unpaired) electrons. The molecule has 2 saturated heterocycles. The van der Waals surface area contributed by atoms with Crippen LogP contribution in [0.5, 0.6) is 0 Å². The van der Waals surface area contributed by atoms with E-state index in [1.54, 1.807) is 0 Å². The monoisotopic (exact) mass is 337 g/mol. The predicted molar refractivity (Wildman–Crippen MR) is 96.1 cm³/mol. The Balaban J connectivity index is 1.36. The summed E-state index contributed by atoms with van der Waals surface area (Å²) >= 11 is 0. The maximum atomic E-state index is 12.6. The predicted octanol–water partition coefficient (Wildman–Crippen LogP) is 1.96. The molecule has 0 bridgehead atoms. The van der Waals surface area contributed by atoms with Crippen LogP contribution >= 0.6 is 0 Å². The molecule has 1 aliphatic carbocycles. The van der Waals surface area contributed by atoms with Crippen LogP contribution < -0.4 is 0 Å². The van der Waals surface area contributed by atoms with E-state index in [1.807, 2.05) is 11.9 Å². The molecule has 5 nitrogen and oxygen atoms in total. The minimum atomic E-state index is 0.311. The van der Waals surface area contributed by atoms with Crippen LogP contribution in [-0.2, 0) is 9.53 Å². The molecule has 5 heteroatoms. The maximum absolute atomic E-state index is 12.6. The molecule has 0 N–H and O–H groups in total. The number of likely N-dealkylation sites (N-methyl/N-ethyl adjacent to an activating group) is 1. The molecule has 0 aromatic heterocycles. The molecular formula is C19H35N3O2. The quantitative estimate of drug-likeness (QED) is 0.768. The molecule has 0 spiro atoms. The molecule has 138 valence electrons. The SMILES string of the molecule is CN(C(=O)CN1CCN(CC2CCCCO2)CC1)C1CCCCC1. The normalized spacial score (nSPS) is 28.0. The van der Waals surface area contributed by atoms with Crippen LogP contribution in [0.3, 0.4) is 0 Å². The number of hydrogen-bond acceptors (Lipinski definition) is 4. The van der Waals surface area contributed by atoms with Crippen molar-refractivity contribution in [3.05, 3.63) is 0 Å². The van der Waals surface area contributed by atoms with Crippen molar-refractivity contribution < 1.29 is 9.53 Å². The van der Waals surface area contributed by atoms with Crippen LogP contribution in [-0.4, -0.2) is 85.7 Å². The molecule has 1 unspecified atom stereocenters. The first-order chi connectivity index (χ1) is 11.7. The van der Waals surface area contributed by atoms with Crippen LogP contribution in [0, 0.1) is 0 Å². The number of amides is 1. The van der Waals surface area contributed by atoms with E-state index in [9.17, 15) is 4.79 Å². The van der Waals surface area contributed by atoms with Crippen molar-refractivity contribution in [1.29, 1.82) is 0 Å². The molecule has 2 heterocycles. The van der Waals surface area contributed by atoms with Crippen molar-refractivity contribution >= 4 is 5.91 Å². The largest absolute Gasteiger partial charge is 0.377 e. The molecular weight excluding hydrogens is 302 g/mol. The van der Waals surface area contributed by atoms with E-state index in [1.165, 1.54) is 51.4 Å². The average molecular weight is 338 g/mol. The second kappa shape index (κ2) is 9.16. The van der Waals surface area contributed by atoms with Crippen molar-refractivity contribution in [2.45, 2.75) is 63.5 Å². The Morgan fingerprint density at radius 3 is 2.29 bits per heavy atom. The van der Waals surface area contributed by atoms with E-state index in [-0.39, 0.29) is 0 Å². The summed E-state index contributed by atoms with van der Waals surface area (Å²) in [4.78, 5) is 19.4. The second-order valence-corrected chi connectivity index (χ2v) is 7.86. The molecule has 2 aliphatic heterocycles. The van der Waals surface area contributed by atoms with Crippen molar-refractivity contribution in [3.63, 3.8) is 0 Å². The van der Waals surface area contributed by atoms with Gasteiger partial charge in [-0.25, -0.2) is 0 Å². The van der Waals surface area contributed by atoms with Crippen LogP contribution in [0.15, 0.2) is 0 Å². The second-order valence-electron chi connectivity index (χ2n) is 7.86. The average Bonchev–Trinajstić information content (AvgIpc) is 2.64. The number of carbonyl (C=O) groups excluding carboxylic acids is 1. The lowest BCUT2D eigenvalue weighted by Gasteiger charge is -2.38. The van der Waals surface area contributed by atoms with E-state index in [2.05, 4.69) is 9.80 Å². The lowest BCUT2D eigenvalue weighted by atomic mass is 9.94. The zero-order valence-corrected chi connectivity index (χ0v) is 15.4. The number of carbonyl (C=O) groups is 1. The summed E-state index contributed by atoms with van der Waals surface area (Å²) in [6, 6.07) is 0.482. The van der Waals surface area contributed by atoms with Gasteiger partial charge in [-0.2, -0.15) is 0 Å². The molecule has 24 heavy (non-hydrogen) atoms. The van der Waals surface area contributed by atoms with Gasteiger partial charge in [-0.3, -0.25) is 14.6 Å². The fourth-order valence-corrected chi connectivity index (χ4v) is 4.34. The highest BCUT2D eigenvalue weighted by Gasteiger charge is 2.26.